The van der Waals surface area contributed by atoms with Gasteiger partial charge in [-0.25, -0.2) is 9.78 Å². The molecule has 3 atom stereocenters. The normalized spacial score (nSPS) is 25.2. The minimum Gasteiger partial charge on any atom is -0.464 e. The molecule has 0 bridgehead atoms. The summed E-state index contributed by atoms with van der Waals surface area (Å²) in [4.78, 5) is 36.0. The van der Waals surface area contributed by atoms with Gasteiger partial charge in [-0.1, -0.05) is 18.6 Å². The summed E-state index contributed by atoms with van der Waals surface area (Å²) >= 11 is 0. The van der Waals surface area contributed by atoms with Crippen molar-refractivity contribution >= 4 is 22.9 Å². The molecule has 0 unspecified atom stereocenters. The number of para-hydroxylation sites is 2. The third-order valence-electron chi connectivity index (χ3n) is 5.35. The molecular weight excluding hydrogens is 318 g/mol. The van der Waals surface area contributed by atoms with Crippen molar-refractivity contribution in [2.75, 3.05) is 13.2 Å². The maximum absolute atomic E-state index is 13.1. The van der Waals surface area contributed by atoms with Crippen molar-refractivity contribution < 1.29 is 14.3 Å². The van der Waals surface area contributed by atoms with E-state index < -0.39 is 6.04 Å². The largest absolute Gasteiger partial charge is 0.464 e. The molecule has 1 amide bonds. The van der Waals surface area contributed by atoms with Gasteiger partial charge in [0.15, 0.2) is 0 Å². The highest BCUT2D eigenvalue weighted by Gasteiger charge is 2.50. The zero-order chi connectivity index (χ0) is 17.4. The minimum absolute atomic E-state index is 0.205. The first-order valence-electron chi connectivity index (χ1n) is 8.88. The molecule has 4 rings (SSSR count). The van der Waals surface area contributed by atoms with Crippen molar-refractivity contribution in [3.05, 3.63) is 36.2 Å². The van der Waals surface area contributed by atoms with E-state index >= 15 is 0 Å². The second-order valence-corrected chi connectivity index (χ2v) is 6.75. The van der Waals surface area contributed by atoms with Gasteiger partial charge in [-0.15, -0.1) is 0 Å². The fourth-order valence-electron chi connectivity index (χ4n) is 4.25. The quantitative estimate of drug-likeness (QED) is 0.803. The topological polar surface area (TPSA) is 72.4 Å². The number of carbonyl (C=O) groups is 2. The number of benzene rings is 1. The van der Waals surface area contributed by atoms with Gasteiger partial charge in [-0.2, -0.15) is 0 Å². The molecule has 6 nitrogen and oxygen atoms in total. The van der Waals surface area contributed by atoms with E-state index in [-0.39, 0.29) is 23.5 Å². The Morgan fingerprint density at radius 1 is 1.24 bits per heavy atom. The van der Waals surface area contributed by atoms with Gasteiger partial charge < -0.3 is 9.64 Å². The van der Waals surface area contributed by atoms with Crippen LogP contribution < -0.4 is 0 Å². The van der Waals surface area contributed by atoms with Crippen LogP contribution in [0.15, 0.2) is 30.5 Å². The Kier molecular flexibility index (Phi) is 4.11. The van der Waals surface area contributed by atoms with Gasteiger partial charge in [0, 0.05) is 6.54 Å². The molecule has 0 N–H and O–H groups in total. The third kappa shape index (κ3) is 2.75. The lowest BCUT2D eigenvalue weighted by Crippen LogP contribution is -2.44. The molecule has 2 fully saturated rings. The number of rotatable bonds is 3. The fraction of sp³-hybridized carbons (Fsp3) is 0.474. The fourth-order valence-corrected chi connectivity index (χ4v) is 4.25. The maximum atomic E-state index is 13.1. The molecule has 0 spiro atoms. The molecule has 6 heteroatoms. The molecule has 1 aromatic heterocycles. The van der Waals surface area contributed by atoms with Gasteiger partial charge in [-0.05, 0) is 43.7 Å². The van der Waals surface area contributed by atoms with E-state index in [0.717, 1.165) is 24.8 Å². The van der Waals surface area contributed by atoms with Crippen LogP contribution in [0.1, 0.15) is 36.7 Å². The SMILES string of the molecule is CCOC(=O)[C@H]1[C@@H]2CCC[C@@H]2CN1C(=O)c1cnc2ccccc2n1. The number of likely N-dealkylation sites (tertiary alicyclic amines) is 1. The Bertz CT molecular complexity index is 822. The number of nitrogens with zero attached hydrogens (tertiary/aromatic N) is 3. The number of hydrogen-bond acceptors (Lipinski definition) is 5. The molecule has 1 aromatic carbocycles. The van der Waals surface area contributed by atoms with Gasteiger partial charge in [0.1, 0.15) is 11.7 Å². The summed E-state index contributed by atoms with van der Waals surface area (Å²) in [6.45, 7) is 2.71. The van der Waals surface area contributed by atoms with E-state index in [9.17, 15) is 9.59 Å². The van der Waals surface area contributed by atoms with Crippen LogP contribution in [0, 0.1) is 11.8 Å². The van der Waals surface area contributed by atoms with Crippen LogP contribution in [0.25, 0.3) is 11.0 Å². The second kappa shape index (κ2) is 6.43. The number of esters is 1. The molecule has 0 radical (unpaired) electrons. The van der Waals surface area contributed by atoms with Crippen LogP contribution in [-0.4, -0.2) is 45.9 Å². The molecule has 1 saturated heterocycles. The zero-order valence-corrected chi connectivity index (χ0v) is 14.2. The maximum Gasteiger partial charge on any atom is 0.329 e. The number of fused-ring (bicyclic) bond motifs is 2. The monoisotopic (exact) mass is 339 g/mol. The molecule has 130 valence electrons. The summed E-state index contributed by atoms with van der Waals surface area (Å²) in [6.07, 6.45) is 4.65. The van der Waals surface area contributed by atoms with Gasteiger partial charge in [0.05, 0.1) is 23.8 Å². The van der Waals surface area contributed by atoms with Crippen LogP contribution in [0.3, 0.4) is 0 Å². The van der Waals surface area contributed by atoms with Crippen LogP contribution in [-0.2, 0) is 9.53 Å². The molecular formula is C19H21N3O3. The zero-order valence-electron chi connectivity index (χ0n) is 14.2. The van der Waals surface area contributed by atoms with Crippen molar-refractivity contribution in [3.8, 4) is 0 Å². The van der Waals surface area contributed by atoms with Crippen LogP contribution in [0.2, 0.25) is 0 Å². The summed E-state index contributed by atoms with van der Waals surface area (Å²) in [5.74, 6) is 0.0629. The van der Waals surface area contributed by atoms with E-state index in [2.05, 4.69) is 9.97 Å². The number of ether oxygens (including phenoxy) is 1. The number of aromatic nitrogens is 2. The predicted molar refractivity (Wildman–Crippen MR) is 91.8 cm³/mol. The highest BCUT2D eigenvalue weighted by Crippen LogP contribution is 2.43. The molecule has 1 aliphatic heterocycles. The average molecular weight is 339 g/mol. The molecule has 1 aliphatic carbocycles. The van der Waals surface area contributed by atoms with Crippen molar-refractivity contribution in [2.45, 2.75) is 32.2 Å². The molecule has 1 saturated carbocycles. The highest BCUT2D eigenvalue weighted by molar-refractivity contribution is 5.97. The van der Waals surface area contributed by atoms with Crippen LogP contribution in [0.5, 0.6) is 0 Å². The van der Waals surface area contributed by atoms with E-state index in [4.69, 9.17) is 4.74 Å². The molecule has 25 heavy (non-hydrogen) atoms. The van der Waals surface area contributed by atoms with Crippen LogP contribution in [0.4, 0.5) is 0 Å². The summed E-state index contributed by atoms with van der Waals surface area (Å²) in [5, 5.41) is 0. The average Bonchev–Trinajstić information content (AvgIpc) is 3.21. The smallest absolute Gasteiger partial charge is 0.329 e. The lowest BCUT2D eigenvalue weighted by atomic mass is 9.94. The van der Waals surface area contributed by atoms with Gasteiger partial charge >= 0.3 is 5.97 Å². The standard InChI is InChI=1S/C19H21N3O3/c1-2-25-19(24)17-13-7-5-6-12(13)11-22(17)18(23)16-10-20-14-8-3-4-9-15(14)21-16/h3-4,8-10,12-13,17H,2,5-7,11H2,1H3/t12-,13-,17-/m1/s1. The minimum atomic E-state index is -0.492. The first kappa shape index (κ1) is 16.0. The van der Waals surface area contributed by atoms with Gasteiger partial charge in [-0.3, -0.25) is 9.78 Å². The van der Waals surface area contributed by atoms with E-state index in [1.165, 1.54) is 6.20 Å². The third-order valence-corrected chi connectivity index (χ3v) is 5.35. The number of hydrogen-bond donors (Lipinski definition) is 0. The lowest BCUT2D eigenvalue weighted by molar-refractivity contribution is -0.149. The second-order valence-electron chi connectivity index (χ2n) is 6.75. The highest BCUT2D eigenvalue weighted by atomic mass is 16.5. The van der Waals surface area contributed by atoms with Crippen LogP contribution >= 0.6 is 0 Å². The predicted octanol–water partition coefficient (Wildman–Crippen LogP) is 2.43. The van der Waals surface area contributed by atoms with E-state index in [1.54, 1.807) is 11.8 Å². The molecule has 2 heterocycles. The van der Waals surface area contributed by atoms with Gasteiger partial charge in [0.2, 0.25) is 0 Å². The Hall–Kier alpha value is -2.50. The molecule has 2 aliphatic rings. The Labute approximate surface area is 146 Å². The molecule has 2 aromatic rings. The number of amides is 1. The van der Waals surface area contributed by atoms with Gasteiger partial charge in [0.25, 0.3) is 5.91 Å². The van der Waals surface area contributed by atoms with Crippen molar-refractivity contribution in [1.29, 1.82) is 0 Å². The lowest BCUT2D eigenvalue weighted by Gasteiger charge is -2.25. The summed E-state index contributed by atoms with van der Waals surface area (Å²) in [6, 6.07) is 6.95. The Morgan fingerprint density at radius 3 is 2.84 bits per heavy atom. The Morgan fingerprint density at radius 2 is 2.04 bits per heavy atom. The first-order valence-corrected chi connectivity index (χ1v) is 8.88. The number of carbonyl (C=O) groups excluding carboxylic acids is 2. The van der Waals surface area contributed by atoms with Crippen molar-refractivity contribution in [2.24, 2.45) is 11.8 Å². The van der Waals surface area contributed by atoms with Crippen molar-refractivity contribution in [3.63, 3.8) is 0 Å². The van der Waals surface area contributed by atoms with E-state index in [0.29, 0.717) is 24.6 Å². The Balaban J connectivity index is 1.65. The summed E-state index contributed by atoms with van der Waals surface area (Å²) in [5.41, 5.74) is 1.72. The first-order chi connectivity index (χ1) is 12.2. The van der Waals surface area contributed by atoms with E-state index in [1.807, 2.05) is 24.3 Å². The summed E-state index contributed by atoms with van der Waals surface area (Å²) in [7, 11) is 0. The van der Waals surface area contributed by atoms with Crippen molar-refractivity contribution in [1.82, 2.24) is 14.9 Å². The summed E-state index contributed by atoms with van der Waals surface area (Å²) < 4.78 is 5.25.